The number of primary amides is 1. The summed E-state index contributed by atoms with van der Waals surface area (Å²) in [6.07, 6.45) is -0.310. The molecule has 7 N–H and O–H groups in total. The largest absolute Gasteiger partial charge is 0.366 e. The second-order valence-corrected chi connectivity index (χ2v) is 16.5. The van der Waals surface area contributed by atoms with Gasteiger partial charge < -0.3 is 31.5 Å². The van der Waals surface area contributed by atoms with E-state index in [2.05, 4.69) is 16.0 Å². The van der Waals surface area contributed by atoms with Crippen molar-refractivity contribution in [3.05, 3.63) is 166 Å². The van der Waals surface area contributed by atoms with Gasteiger partial charge in [0.2, 0.25) is 11.8 Å². The van der Waals surface area contributed by atoms with Crippen LogP contribution in [0.5, 0.6) is 0 Å². The monoisotopic (exact) mass is 827 g/mol. The van der Waals surface area contributed by atoms with Crippen LogP contribution in [0.4, 0.5) is 0 Å². The van der Waals surface area contributed by atoms with E-state index in [1.807, 2.05) is 50.2 Å². The van der Waals surface area contributed by atoms with Gasteiger partial charge in [-0.15, -0.1) is 0 Å². The second-order valence-electron chi connectivity index (χ2n) is 14.9. The molecule has 0 spiro atoms. The zero-order valence-corrected chi connectivity index (χ0v) is 34.0. The summed E-state index contributed by atoms with van der Waals surface area (Å²) in [4.78, 5) is 85.8. The molecular formula is C46H46N5O8P. The first kappa shape index (κ1) is 44.4. The van der Waals surface area contributed by atoms with Gasteiger partial charge in [0.05, 0.1) is 23.8 Å². The van der Waals surface area contributed by atoms with Gasteiger partial charge in [-0.25, -0.2) is 0 Å². The van der Waals surface area contributed by atoms with Gasteiger partial charge in [0.15, 0.2) is 5.78 Å². The van der Waals surface area contributed by atoms with Crippen molar-refractivity contribution in [1.29, 1.82) is 5.26 Å². The summed E-state index contributed by atoms with van der Waals surface area (Å²) in [6, 6.07) is 33.0. The molecule has 0 aliphatic rings. The molecular weight excluding hydrogens is 782 g/mol. The lowest BCUT2D eigenvalue weighted by atomic mass is 9.91. The number of carbonyl (C=O) groups is 5. The Labute approximate surface area is 348 Å². The van der Waals surface area contributed by atoms with Crippen molar-refractivity contribution in [1.82, 2.24) is 16.0 Å². The molecule has 60 heavy (non-hydrogen) atoms. The molecule has 0 radical (unpaired) electrons. The van der Waals surface area contributed by atoms with Crippen molar-refractivity contribution in [3.8, 4) is 17.2 Å². The summed E-state index contributed by atoms with van der Waals surface area (Å²) < 4.78 is 11.5. The topological polar surface area (TPSA) is 229 Å². The van der Waals surface area contributed by atoms with E-state index in [1.165, 1.54) is 36.4 Å². The second kappa shape index (κ2) is 20.3. The molecule has 14 heteroatoms. The van der Waals surface area contributed by atoms with Gasteiger partial charge in [0.25, 0.3) is 11.8 Å². The van der Waals surface area contributed by atoms with E-state index in [0.717, 1.165) is 5.56 Å². The average molecular weight is 828 g/mol. The Balaban J connectivity index is 1.40. The van der Waals surface area contributed by atoms with E-state index in [-0.39, 0.29) is 54.5 Å². The van der Waals surface area contributed by atoms with Crippen molar-refractivity contribution in [2.75, 3.05) is 0 Å². The third-order valence-corrected chi connectivity index (χ3v) is 10.4. The predicted octanol–water partition coefficient (Wildman–Crippen LogP) is 5.62. The molecule has 0 fully saturated rings. The van der Waals surface area contributed by atoms with Gasteiger partial charge in [-0.1, -0.05) is 86.6 Å². The predicted molar refractivity (Wildman–Crippen MR) is 226 cm³/mol. The lowest BCUT2D eigenvalue weighted by Crippen LogP contribution is -2.53. The van der Waals surface area contributed by atoms with Crippen LogP contribution in [0.15, 0.2) is 121 Å². The van der Waals surface area contributed by atoms with Crippen LogP contribution in [0, 0.1) is 17.2 Å². The molecule has 0 bridgehead atoms. The highest BCUT2D eigenvalue weighted by Gasteiger charge is 2.29. The molecule has 5 aromatic rings. The van der Waals surface area contributed by atoms with Gasteiger partial charge in [-0.3, -0.25) is 28.5 Å². The van der Waals surface area contributed by atoms with Gasteiger partial charge in [-0.05, 0) is 94.3 Å². The number of nitrogens with zero attached hydrogens (tertiary/aromatic N) is 1. The van der Waals surface area contributed by atoms with Gasteiger partial charge in [0, 0.05) is 36.1 Å². The highest BCUT2D eigenvalue weighted by molar-refractivity contribution is 7.50. The fraction of sp³-hybridized carbons (Fsp3) is 0.217. The standard InChI is InChI=1S/C46H46N5O8P/c1-29(2)22-40(50-46(56)41(51-44(54)37-15-12-31(26-47)13-16-37)24-30-8-10-33(11-9-30)28-60(57,58)59)42(52)25-34-14-21-38(45(55)49-27-32-6-4-3-5-7-32)39(23-34)35-17-19-36(20-18-35)43(48)53/h3-21,23,29,40-41H,22,24-25,27-28H2,1-2H3,(H2,48,53)(H,49,55)(H,50,56)(H,51,54)(H2,57,58,59)/t40-,41?/m0/s1. The Hall–Kier alpha value is -6.71. The van der Waals surface area contributed by atoms with E-state index in [4.69, 9.17) is 5.73 Å². The number of hydrogen-bond acceptors (Lipinski definition) is 7. The van der Waals surface area contributed by atoms with Crippen LogP contribution in [0.2, 0.25) is 0 Å². The highest BCUT2D eigenvalue weighted by atomic mass is 31.2. The van der Waals surface area contributed by atoms with E-state index < -0.39 is 43.6 Å². The maximum absolute atomic E-state index is 14.1. The van der Waals surface area contributed by atoms with Crippen molar-refractivity contribution in [3.63, 3.8) is 0 Å². The highest BCUT2D eigenvalue weighted by Crippen LogP contribution is 2.39. The molecule has 0 aromatic heterocycles. The fourth-order valence-corrected chi connectivity index (χ4v) is 7.25. The summed E-state index contributed by atoms with van der Waals surface area (Å²) in [6.45, 7) is 4.10. The molecule has 13 nitrogen and oxygen atoms in total. The zero-order chi connectivity index (χ0) is 43.4. The van der Waals surface area contributed by atoms with Gasteiger partial charge in [-0.2, -0.15) is 5.26 Å². The number of rotatable bonds is 18. The fourth-order valence-electron chi connectivity index (χ4n) is 6.57. The molecule has 0 heterocycles. The Morgan fingerprint density at radius 3 is 1.93 bits per heavy atom. The van der Waals surface area contributed by atoms with Crippen LogP contribution >= 0.6 is 7.60 Å². The lowest BCUT2D eigenvalue weighted by molar-refractivity contribution is -0.129. The summed E-state index contributed by atoms with van der Waals surface area (Å²) in [5, 5.41) is 17.8. The molecule has 0 aliphatic carbocycles. The van der Waals surface area contributed by atoms with Crippen LogP contribution in [0.25, 0.3) is 11.1 Å². The smallest absolute Gasteiger partial charge is 0.329 e. The normalized spacial score (nSPS) is 12.1. The Morgan fingerprint density at radius 1 is 0.717 bits per heavy atom. The maximum Gasteiger partial charge on any atom is 0.329 e. The first-order valence-corrected chi connectivity index (χ1v) is 21.0. The molecule has 5 rings (SSSR count). The Kier molecular flexibility index (Phi) is 15.0. The van der Waals surface area contributed by atoms with Crippen molar-refractivity contribution >= 4 is 37.0 Å². The summed E-state index contributed by atoms with van der Waals surface area (Å²) in [5.41, 5.74) is 10.2. The van der Waals surface area contributed by atoms with Crippen molar-refractivity contribution in [2.45, 2.75) is 57.9 Å². The number of carbonyl (C=O) groups excluding carboxylic acids is 5. The minimum atomic E-state index is -4.32. The SMILES string of the molecule is CC(C)C[C@H](NC(=O)C(Cc1ccc(CP(=O)(O)O)cc1)NC(=O)c1ccc(C#N)cc1)C(=O)Cc1ccc(C(=O)NCc2ccccc2)c(-c2ccc(C(N)=O)cc2)c1. The Morgan fingerprint density at radius 2 is 1.33 bits per heavy atom. The third-order valence-electron chi connectivity index (χ3n) is 9.64. The number of hydrogen-bond donors (Lipinski definition) is 6. The molecule has 308 valence electrons. The third kappa shape index (κ3) is 12.9. The molecule has 0 aliphatic heterocycles. The molecule has 1 unspecified atom stereocenters. The van der Waals surface area contributed by atoms with Crippen molar-refractivity contribution < 1.29 is 38.3 Å². The molecule has 0 saturated carbocycles. The minimum absolute atomic E-state index is 0.0155. The van der Waals surface area contributed by atoms with E-state index in [9.17, 15) is 43.6 Å². The number of benzene rings is 5. The Bertz CT molecular complexity index is 2420. The number of nitriles is 1. The molecule has 2 atom stereocenters. The summed E-state index contributed by atoms with van der Waals surface area (Å²) in [5.74, 6) is -2.51. The van der Waals surface area contributed by atoms with Crippen LogP contribution in [-0.2, 0) is 39.7 Å². The number of amides is 4. The van der Waals surface area contributed by atoms with Crippen LogP contribution in [0.3, 0.4) is 0 Å². The maximum atomic E-state index is 14.1. The average Bonchev–Trinajstić information content (AvgIpc) is 3.22. The van der Waals surface area contributed by atoms with E-state index >= 15 is 0 Å². The molecule has 0 saturated heterocycles. The number of Topliss-reactive ketones (excluding diaryl/α,β-unsaturated/α-hetero) is 1. The van der Waals surface area contributed by atoms with Gasteiger partial charge in [0.1, 0.15) is 6.04 Å². The summed E-state index contributed by atoms with van der Waals surface area (Å²) in [7, 11) is -4.32. The van der Waals surface area contributed by atoms with E-state index in [0.29, 0.717) is 38.9 Å². The first-order valence-electron chi connectivity index (χ1n) is 19.2. The number of ketones is 1. The zero-order valence-electron chi connectivity index (χ0n) is 33.1. The van der Waals surface area contributed by atoms with Crippen molar-refractivity contribution in [2.24, 2.45) is 11.7 Å². The lowest BCUT2D eigenvalue weighted by Gasteiger charge is -2.24. The summed E-state index contributed by atoms with van der Waals surface area (Å²) >= 11 is 0. The number of nitrogens with two attached hydrogens (primary N) is 1. The number of nitrogens with one attached hydrogen (secondary N) is 3. The van der Waals surface area contributed by atoms with Gasteiger partial charge >= 0.3 is 7.60 Å². The first-order chi connectivity index (χ1) is 28.6. The van der Waals surface area contributed by atoms with Crippen LogP contribution in [-0.4, -0.2) is 51.3 Å². The quantitative estimate of drug-likeness (QED) is 0.0602. The minimum Gasteiger partial charge on any atom is -0.366 e. The van der Waals surface area contributed by atoms with E-state index in [1.54, 1.807) is 54.6 Å². The van der Waals surface area contributed by atoms with Crippen LogP contribution in [0.1, 0.15) is 79.2 Å². The molecule has 4 amide bonds. The molecule has 5 aromatic carbocycles. The van der Waals surface area contributed by atoms with Crippen LogP contribution < -0.4 is 21.7 Å².